The fourth-order valence-corrected chi connectivity index (χ4v) is 7.97. The molecule has 0 spiro atoms. The van der Waals surface area contributed by atoms with Gasteiger partial charge >= 0.3 is 0 Å². The third kappa shape index (κ3) is 4.44. The minimum absolute atomic E-state index is 0.0226. The van der Waals surface area contributed by atoms with Crippen LogP contribution in [0.3, 0.4) is 0 Å². The number of fused-ring (bicyclic) bond motifs is 1. The van der Waals surface area contributed by atoms with Crippen LogP contribution in [-0.4, -0.2) is 42.3 Å². The molecule has 2 aliphatic rings. The number of hydrogen-bond donors (Lipinski definition) is 0. The van der Waals surface area contributed by atoms with Crippen LogP contribution in [0.25, 0.3) is 0 Å². The number of amides is 1. The van der Waals surface area contributed by atoms with Gasteiger partial charge in [-0.1, -0.05) is 64.8 Å². The molecule has 0 aliphatic carbocycles. The number of hydrogen-bond acceptors (Lipinski definition) is 4. The summed E-state index contributed by atoms with van der Waals surface area (Å²) in [6.45, 7) is 0. The second-order valence-electron chi connectivity index (χ2n) is 6.82. The molecular formula is C19H15Cl3N2O3S2. The Hall–Kier alpha value is -1.25. The van der Waals surface area contributed by atoms with Gasteiger partial charge in [0.25, 0.3) is 5.91 Å². The molecule has 10 heteroatoms. The molecule has 2 aromatic carbocycles. The van der Waals surface area contributed by atoms with Gasteiger partial charge in [-0.25, -0.2) is 8.42 Å². The Kier molecular flexibility index (Phi) is 5.88. The Balaban J connectivity index is 1.70. The quantitative estimate of drug-likeness (QED) is 0.635. The van der Waals surface area contributed by atoms with Crippen molar-refractivity contribution in [1.29, 1.82) is 0 Å². The lowest BCUT2D eigenvalue weighted by atomic mass is 10.1. The maximum atomic E-state index is 12.6. The van der Waals surface area contributed by atoms with E-state index < -0.39 is 9.84 Å². The van der Waals surface area contributed by atoms with Gasteiger partial charge in [-0.05, 0) is 29.8 Å². The first kappa shape index (κ1) is 21.0. The third-order valence-corrected chi connectivity index (χ3v) is 8.89. The number of rotatable bonds is 3. The van der Waals surface area contributed by atoms with Crippen molar-refractivity contribution in [3.63, 3.8) is 0 Å². The van der Waals surface area contributed by atoms with Gasteiger partial charge in [0.1, 0.15) is 0 Å². The Labute approximate surface area is 188 Å². The van der Waals surface area contributed by atoms with Crippen molar-refractivity contribution in [3.05, 3.63) is 63.1 Å². The van der Waals surface area contributed by atoms with Crippen molar-refractivity contribution in [1.82, 2.24) is 0 Å². The SMILES string of the molecule is O=C(Cc1ccccc1Cl)N=C1S[C@@H]2CS(=O)(=O)C[C@@H]2N1c1cc(Cl)ccc1Cl. The van der Waals surface area contributed by atoms with Crippen LogP contribution in [0.5, 0.6) is 0 Å². The predicted molar refractivity (Wildman–Crippen MR) is 120 cm³/mol. The molecule has 2 heterocycles. The molecule has 0 saturated carbocycles. The van der Waals surface area contributed by atoms with Crippen molar-refractivity contribution in [2.24, 2.45) is 4.99 Å². The zero-order valence-corrected chi connectivity index (χ0v) is 18.8. The average Bonchev–Trinajstić information content (AvgIpc) is 3.10. The van der Waals surface area contributed by atoms with Crippen LogP contribution < -0.4 is 4.90 Å². The van der Waals surface area contributed by atoms with Gasteiger partial charge in [0, 0.05) is 15.3 Å². The van der Waals surface area contributed by atoms with E-state index in [2.05, 4.69) is 4.99 Å². The maximum Gasteiger partial charge on any atom is 0.252 e. The van der Waals surface area contributed by atoms with Crippen molar-refractivity contribution in [2.75, 3.05) is 16.4 Å². The highest BCUT2D eigenvalue weighted by Gasteiger charge is 2.49. The Morgan fingerprint density at radius 3 is 2.62 bits per heavy atom. The smallest absolute Gasteiger partial charge is 0.252 e. The summed E-state index contributed by atoms with van der Waals surface area (Å²) in [4.78, 5) is 18.7. The van der Waals surface area contributed by atoms with Crippen molar-refractivity contribution >= 4 is 73.2 Å². The summed E-state index contributed by atoms with van der Waals surface area (Å²) in [5.41, 5.74) is 1.22. The molecule has 2 saturated heterocycles. The summed E-state index contributed by atoms with van der Waals surface area (Å²) in [6.07, 6.45) is 0.0501. The van der Waals surface area contributed by atoms with Crippen LogP contribution in [0.1, 0.15) is 5.56 Å². The van der Waals surface area contributed by atoms with Crippen LogP contribution in [0.2, 0.25) is 15.1 Å². The van der Waals surface area contributed by atoms with Gasteiger partial charge in [-0.2, -0.15) is 4.99 Å². The van der Waals surface area contributed by atoms with Gasteiger partial charge in [-0.3, -0.25) is 4.79 Å². The number of halogens is 3. The molecule has 0 aromatic heterocycles. The molecule has 152 valence electrons. The van der Waals surface area contributed by atoms with E-state index in [-0.39, 0.29) is 35.1 Å². The summed E-state index contributed by atoms with van der Waals surface area (Å²) in [5, 5.41) is 1.57. The first-order chi connectivity index (χ1) is 13.7. The van der Waals surface area contributed by atoms with Crippen LogP contribution in [0, 0.1) is 0 Å². The van der Waals surface area contributed by atoms with E-state index in [0.717, 1.165) is 0 Å². The molecule has 0 radical (unpaired) electrons. The summed E-state index contributed by atoms with van der Waals surface area (Å²) in [7, 11) is -3.17. The number of thioether (sulfide) groups is 1. The molecule has 2 fully saturated rings. The third-order valence-electron chi connectivity index (χ3n) is 4.75. The number of aliphatic imine (C=N–C) groups is 1. The van der Waals surface area contributed by atoms with E-state index in [4.69, 9.17) is 34.8 Å². The van der Waals surface area contributed by atoms with Gasteiger partial charge < -0.3 is 4.90 Å². The van der Waals surface area contributed by atoms with Gasteiger partial charge in [0.05, 0.1) is 34.7 Å². The van der Waals surface area contributed by atoms with Gasteiger partial charge in [0.15, 0.2) is 15.0 Å². The second kappa shape index (κ2) is 8.12. The molecule has 29 heavy (non-hydrogen) atoms. The number of amidine groups is 1. The lowest BCUT2D eigenvalue weighted by molar-refractivity contribution is -0.117. The highest BCUT2D eigenvalue weighted by Crippen LogP contribution is 2.43. The monoisotopic (exact) mass is 488 g/mol. The largest absolute Gasteiger partial charge is 0.314 e. The first-order valence-corrected chi connectivity index (χ1v) is 12.5. The number of anilines is 1. The molecule has 5 nitrogen and oxygen atoms in total. The van der Waals surface area contributed by atoms with E-state index in [1.807, 2.05) is 0 Å². The molecule has 2 aromatic rings. The number of carbonyl (C=O) groups is 1. The summed E-state index contributed by atoms with van der Waals surface area (Å²) >= 11 is 19.9. The maximum absolute atomic E-state index is 12.6. The lowest BCUT2D eigenvalue weighted by Crippen LogP contribution is -2.38. The normalized spacial score (nSPS) is 24.1. The van der Waals surface area contributed by atoms with Crippen LogP contribution in [-0.2, 0) is 21.1 Å². The first-order valence-electron chi connectivity index (χ1n) is 8.70. The van der Waals surface area contributed by atoms with E-state index in [0.29, 0.717) is 31.5 Å². The molecular weight excluding hydrogens is 475 g/mol. The molecule has 2 atom stereocenters. The predicted octanol–water partition coefficient (Wildman–Crippen LogP) is 4.49. The van der Waals surface area contributed by atoms with Crippen molar-refractivity contribution < 1.29 is 13.2 Å². The highest BCUT2D eigenvalue weighted by molar-refractivity contribution is 8.16. The number of carbonyl (C=O) groups excluding carboxylic acids is 1. The molecule has 2 aliphatic heterocycles. The average molecular weight is 490 g/mol. The number of nitrogens with zero attached hydrogens (tertiary/aromatic N) is 2. The zero-order valence-electron chi connectivity index (χ0n) is 14.9. The molecule has 0 unspecified atom stereocenters. The molecule has 1 amide bonds. The topological polar surface area (TPSA) is 66.8 Å². The molecule has 0 N–H and O–H groups in total. The molecule has 0 bridgehead atoms. The van der Waals surface area contributed by atoms with Gasteiger partial charge in [-0.15, -0.1) is 0 Å². The fourth-order valence-electron chi connectivity index (χ4n) is 3.47. The Morgan fingerprint density at radius 1 is 1.10 bits per heavy atom. The highest BCUT2D eigenvalue weighted by atomic mass is 35.5. The van der Waals surface area contributed by atoms with Gasteiger partial charge in [0.2, 0.25) is 0 Å². The van der Waals surface area contributed by atoms with Crippen molar-refractivity contribution in [2.45, 2.75) is 17.7 Å². The van der Waals surface area contributed by atoms with E-state index in [1.54, 1.807) is 47.4 Å². The van der Waals surface area contributed by atoms with Crippen molar-refractivity contribution in [3.8, 4) is 0 Å². The number of benzene rings is 2. The second-order valence-corrected chi connectivity index (χ2v) is 11.4. The van der Waals surface area contributed by atoms with Crippen LogP contribution >= 0.6 is 46.6 Å². The van der Waals surface area contributed by atoms with E-state index in [9.17, 15) is 13.2 Å². The minimum Gasteiger partial charge on any atom is -0.314 e. The molecule has 4 rings (SSSR count). The standard InChI is InChI=1S/C19H15Cl3N2O3S2/c20-12-5-6-14(22)15(8-12)24-16-9-29(26,27)10-17(16)28-19(24)23-18(25)7-11-3-1-2-4-13(11)21/h1-6,8,16-17H,7,9-10H2/t16-,17+/m0/s1. The van der Waals surface area contributed by atoms with E-state index in [1.165, 1.54) is 11.8 Å². The summed E-state index contributed by atoms with van der Waals surface area (Å²) in [5.74, 6) is -0.355. The summed E-state index contributed by atoms with van der Waals surface area (Å²) < 4.78 is 24.3. The Bertz CT molecular complexity index is 1120. The Morgan fingerprint density at radius 2 is 1.86 bits per heavy atom. The lowest BCUT2D eigenvalue weighted by Gasteiger charge is -2.25. The van der Waals surface area contributed by atoms with Crippen LogP contribution in [0.15, 0.2) is 47.5 Å². The minimum atomic E-state index is -3.17. The summed E-state index contributed by atoms with van der Waals surface area (Å²) in [6, 6.07) is 11.7. The fraction of sp³-hybridized carbons (Fsp3) is 0.263. The van der Waals surface area contributed by atoms with Crippen LogP contribution in [0.4, 0.5) is 5.69 Å². The zero-order chi connectivity index (χ0) is 20.8. The van der Waals surface area contributed by atoms with E-state index >= 15 is 0 Å². The number of sulfone groups is 1.